The van der Waals surface area contributed by atoms with E-state index in [0.29, 0.717) is 42.3 Å². The van der Waals surface area contributed by atoms with Gasteiger partial charge in [0.15, 0.2) is 9.84 Å². The second kappa shape index (κ2) is 12.7. The molecule has 2 aromatic carbocycles. The Labute approximate surface area is 261 Å². The van der Waals surface area contributed by atoms with Crippen LogP contribution in [0.3, 0.4) is 0 Å². The van der Waals surface area contributed by atoms with Gasteiger partial charge in [0.25, 0.3) is 0 Å². The number of carboxylic acid groups (broad SMARTS) is 1. The van der Waals surface area contributed by atoms with Crippen LogP contribution in [-0.2, 0) is 31.1 Å². The number of aryl methyl sites for hydroxylation is 1. The van der Waals surface area contributed by atoms with E-state index in [2.05, 4.69) is 5.32 Å². The predicted octanol–water partition coefficient (Wildman–Crippen LogP) is 2.16. The molecule has 15 heteroatoms. The predicted molar refractivity (Wildman–Crippen MR) is 165 cm³/mol. The zero-order valence-electron chi connectivity index (χ0n) is 25.0. The summed E-state index contributed by atoms with van der Waals surface area (Å²) in [4.78, 5) is 23.7. The third kappa shape index (κ3) is 7.02. The quantitative estimate of drug-likeness (QED) is 0.291. The van der Waals surface area contributed by atoms with Crippen molar-refractivity contribution in [1.82, 2.24) is 14.2 Å². The molecular formula is C30H37N3O10S2. The van der Waals surface area contributed by atoms with Gasteiger partial charge in [-0.2, -0.15) is 4.31 Å². The third-order valence-electron chi connectivity index (χ3n) is 8.49. The van der Waals surface area contributed by atoms with Crippen molar-refractivity contribution >= 4 is 36.9 Å². The summed E-state index contributed by atoms with van der Waals surface area (Å²) in [6.07, 6.45) is 1.38. The molecule has 1 spiro atoms. The number of nitrogens with one attached hydrogen (secondary N) is 1. The lowest BCUT2D eigenvalue weighted by molar-refractivity contribution is -0.0311. The van der Waals surface area contributed by atoms with Crippen LogP contribution in [0.1, 0.15) is 37.7 Å². The molecule has 1 aromatic heterocycles. The van der Waals surface area contributed by atoms with E-state index in [-0.39, 0.29) is 54.3 Å². The van der Waals surface area contributed by atoms with Crippen LogP contribution < -0.4 is 15.5 Å². The number of aromatic nitrogens is 1. The number of ether oxygens (including phenoxy) is 2. The summed E-state index contributed by atoms with van der Waals surface area (Å²) in [6, 6.07) is 11.5. The highest BCUT2D eigenvalue weighted by Gasteiger charge is 2.45. The lowest BCUT2D eigenvalue weighted by Gasteiger charge is -2.38. The summed E-state index contributed by atoms with van der Waals surface area (Å²) < 4.78 is 67.3. The Hall–Kier alpha value is -3.50. The highest BCUT2D eigenvalue weighted by Crippen LogP contribution is 2.44. The highest BCUT2D eigenvalue weighted by atomic mass is 32.2. The normalized spacial score (nSPS) is 19.5. The second-order valence-corrected chi connectivity index (χ2v) is 15.5. The van der Waals surface area contributed by atoms with Crippen molar-refractivity contribution in [3.63, 3.8) is 0 Å². The molecule has 3 aromatic rings. The van der Waals surface area contributed by atoms with Gasteiger partial charge >= 0.3 is 6.09 Å². The number of sulfone groups is 1. The molecule has 13 nitrogen and oxygen atoms in total. The Morgan fingerprint density at radius 1 is 1.16 bits per heavy atom. The van der Waals surface area contributed by atoms with Crippen LogP contribution in [0.25, 0.3) is 10.9 Å². The number of amides is 1. The van der Waals surface area contributed by atoms with Crippen LogP contribution >= 0.6 is 0 Å². The Morgan fingerprint density at radius 3 is 2.53 bits per heavy atom. The molecule has 1 amide bonds. The third-order valence-corrected chi connectivity index (χ3v) is 11.5. The molecule has 5 rings (SSSR count). The minimum absolute atomic E-state index is 0.0307. The number of sulfonamides is 1. The molecule has 244 valence electrons. The molecular weight excluding hydrogens is 626 g/mol. The van der Waals surface area contributed by atoms with Gasteiger partial charge in [0.05, 0.1) is 29.2 Å². The van der Waals surface area contributed by atoms with Crippen molar-refractivity contribution in [3.8, 4) is 5.75 Å². The fourth-order valence-electron chi connectivity index (χ4n) is 6.03. The second-order valence-electron chi connectivity index (χ2n) is 11.6. The first-order chi connectivity index (χ1) is 21.2. The van der Waals surface area contributed by atoms with E-state index in [1.807, 2.05) is 6.92 Å². The smallest absolute Gasteiger partial charge is 0.404 e. The Morgan fingerprint density at radius 2 is 1.87 bits per heavy atom. The summed E-state index contributed by atoms with van der Waals surface area (Å²) in [5.41, 5.74) is 0.188. The largest absolute Gasteiger partial charge is 0.491 e. The average molecular weight is 664 g/mol. The number of fused-ring (bicyclic) bond motifs is 1. The molecule has 2 aliphatic rings. The number of piperidine rings is 1. The van der Waals surface area contributed by atoms with E-state index >= 15 is 0 Å². The summed E-state index contributed by atoms with van der Waals surface area (Å²) in [6.45, 7) is 2.47. The van der Waals surface area contributed by atoms with Crippen LogP contribution in [0.5, 0.6) is 5.75 Å². The number of para-hydroxylation sites is 1. The summed E-state index contributed by atoms with van der Waals surface area (Å²) in [7, 11) is -7.69. The summed E-state index contributed by atoms with van der Waals surface area (Å²) in [5, 5.41) is 21.1. The number of nitrogens with zero attached hydrogens (tertiary/aromatic N) is 2. The highest BCUT2D eigenvalue weighted by molar-refractivity contribution is 7.90. The average Bonchev–Trinajstić information content (AvgIpc) is 3.42. The number of pyridine rings is 1. The first-order valence-corrected chi connectivity index (χ1v) is 17.9. The van der Waals surface area contributed by atoms with E-state index in [1.54, 1.807) is 41.0 Å². The minimum atomic E-state index is -4.07. The molecule has 45 heavy (non-hydrogen) atoms. The van der Waals surface area contributed by atoms with Crippen LogP contribution in [0, 0.1) is 0 Å². The summed E-state index contributed by atoms with van der Waals surface area (Å²) >= 11 is 0. The van der Waals surface area contributed by atoms with Gasteiger partial charge in [-0.25, -0.2) is 21.6 Å². The van der Waals surface area contributed by atoms with Gasteiger partial charge in [0, 0.05) is 43.4 Å². The molecule has 0 bridgehead atoms. The van der Waals surface area contributed by atoms with Crippen molar-refractivity contribution in [1.29, 1.82) is 0 Å². The maximum absolute atomic E-state index is 13.7. The molecule has 2 aliphatic heterocycles. The molecule has 3 N–H and O–H groups in total. The first-order valence-electron chi connectivity index (χ1n) is 14.6. The van der Waals surface area contributed by atoms with E-state index < -0.39 is 43.1 Å². The Balaban J connectivity index is 1.31. The number of aliphatic hydroxyl groups excluding tert-OH is 1. The van der Waals surface area contributed by atoms with E-state index in [1.165, 1.54) is 16.6 Å². The van der Waals surface area contributed by atoms with Crippen LogP contribution in [-0.4, -0.2) is 92.8 Å². The van der Waals surface area contributed by atoms with E-state index in [9.17, 15) is 31.5 Å². The van der Waals surface area contributed by atoms with Crippen molar-refractivity contribution in [2.75, 3.05) is 39.1 Å². The molecule has 2 unspecified atom stereocenters. The van der Waals surface area contributed by atoms with Gasteiger partial charge in [0.2, 0.25) is 15.5 Å². The van der Waals surface area contributed by atoms with Gasteiger partial charge in [0.1, 0.15) is 23.4 Å². The number of aliphatic hydroxyl groups is 1. The molecule has 2 saturated heterocycles. The fraction of sp³-hybridized carbons (Fsp3) is 0.467. The standard InChI is InChI=1S/C30H37N3O10S2/c1-3-32-17-27(28(35)25-6-4-5-7-26(25)32)45(40,41)33-10-8-30(9-11-33)15-21(18-43-30)20-12-23(14-24(13-20)44(2,38)39)42-19-22(34)16-31-29(36)37/h4-7,12-14,17,21-22,31,34H,3,8-11,15-16,18-19H2,1-2H3,(H,36,37). The molecule has 2 fully saturated rings. The SMILES string of the molecule is CCn1cc(S(=O)(=O)N2CCC3(CC2)CC(c2cc(OCC(O)CNC(=O)O)cc(S(C)(=O)=O)c2)CO3)c(=O)c2ccccc21. The number of rotatable bonds is 10. The molecule has 3 heterocycles. The topological polar surface area (TPSA) is 182 Å². The Bertz CT molecular complexity index is 1870. The number of hydrogen-bond acceptors (Lipinski definition) is 9. The lowest BCUT2D eigenvalue weighted by atomic mass is 9.83. The van der Waals surface area contributed by atoms with Gasteiger partial charge in [-0.3, -0.25) is 4.79 Å². The fourth-order valence-corrected chi connectivity index (χ4v) is 8.25. The monoisotopic (exact) mass is 663 g/mol. The van der Waals surface area contributed by atoms with Gasteiger partial charge in [-0.05, 0) is 62.1 Å². The Kier molecular flexibility index (Phi) is 9.29. The van der Waals surface area contributed by atoms with Crippen LogP contribution in [0.4, 0.5) is 4.79 Å². The number of carbonyl (C=O) groups is 1. The number of benzene rings is 2. The zero-order chi connectivity index (χ0) is 32.6. The first kappa shape index (κ1) is 32.9. The van der Waals surface area contributed by atoms with Gasteiger partial charge < -0.3 is 29.6 Å². The maximum Gasteiger partial charge on any atom is 0.404 e. The van der Waals surface area contributed by atoms with E-state index in [0.717, 1.165) is 6.26 Å². The van der Waals surface area contributed by atoms with Crippen molar-refractivity contribution in [2.45, 2.75) is 60.1 Å². The van der Waals surface area contributed by atoms with Crippen molar-refractivity contribution < 1.29 is 41.3 Å². The minimum Gasteiger partial charge on any atom is -0.491 e. The molecule has 0 aliphatic carbocycles. The summed E-state index contributed by atoms with van der Waals surface area (Å²) in [5.74, 6) is 0.00494. The van der Waals surface area contributed by atoms with Crippen molar-refractivity contribution in [3.05, 3.63) is 64.4 Å². The zero-order valence-corrected chi connectivity index (χ0v) is 26.6. The number of hydrogen-bond donors (Lipinski definition) is 3. The van der Waals surface area contributed by atoms with Gasteiger partial charge in [-0.1, -0.05) is 12.1 Å². The van der Waals surface area contributed by atoms with Gasteiger partial charge in [-0.15, -0.1) is 0 Å². The van der Waals surface area contributed by atoms with Crippen molar-refractivity contribution in [2.24, 2.45) is 0 Å². The molecule has 2 atom stereocenters. The molecule has 0 saturated carbocycles. The maximum atomic E-state index is 13.7. The molecule has 0 radical (unpaired) electrons. The lowest BCUT2D eigenvalue weighted by Crippen LogP contribution is -2.47. The van der Waals surface area contributed by atoms with E-state index in [4.69, 9.17) is 14.6 Å². The van der Waals surface area contributed by atoms with Crippen LogP contribution in [0.2, 0.25) is 0 Å². The van der Waals surface area contributed by atoms with Crippen LogP contribution in [0.15, 0.2) is 63.2 Å².